The largest absolute Gasteiger partial charge is 0.497 e. The summed E-state index contributed by atoms with van der Waals surface area (Å²) in [6.45, 7) is 0. The fraction of sp³-hybridized carbons (Fsp3) is 0.400. The number of hydrogen-bond acceptors (Lipinski definition) is 3. The predicted molar refractivity (Wildman–Crippen MR) is 60.7 cm³/mol. The molecule has 1 aromatic carbocycles. The average molecular weight is 212 g/mol. The summed E-state index contributed by atoms with van der Waals surface area (Å²) in [6.07, 6.45) is 0. The summed E-state index contributed by atoms with van der Waals surface area (Å²) < 4.78 is 5.76. The van der Waals surface area contributed by atoms with Crippen LogP contribution in [0.3, 0.4) is 0 Å². The zero-order valence-electron chi connectivity index (χ0n) is 7.53. The minimum absolute atomic E-state index is 0.644. The van der Waals surface area contributed by atoms with Crippen molar-refractivity contribution in [1.29, 1.82) is 0 Å². The standard InChI is InChI=1S/C10H12OS2/c1-11-9-4-2-8(3-5-9)10-12-6-7-13-10/h2-5,10H,6-7H2,1H3. The van der Waals surface area contributed by atoms with Crippen molar-refractivity contribution in [3.63, 3.8) is 0 Å². The molecule has 70 valence electrons. The summed E-state index contributed by atoms with van der Waals surface area (Å²) in [5.74, 6) is 3.50. The summed E-state index contributed by atoms with van der Waals surface area (Å²) in [7, 11) is 1.70. The van der Waals surface area contributed by atoms with Crippen molar-refractivity contribution >= 4 is 23.5 Å². The van der Waals surface area contributed by atoms with Gasteiger partial charge in [-0.2, -0.15) is 0 Å². The van der Waals surface area contributed by atoms with E-state index in [-0.39, 0.29) is 0 Å². The molecule has 0 saturated carbocycles. The molecule has 1 fully saturated rings. The fourth-order valence-electron chi connectivity index (χ4n) is 1.31. The van der Waals surface area contributed by atoms with E-state index in [1.807, 2.05) is 35.7 Å². The first-order valence-electron chi connectivity index (χ1n) is 4.27. The van der Waals surface area contributed by atoms with E-state index in [0.717, 1.165) is 5.75 Å². The van der Waals surface area contributed by atoms with Crippen molar-refractivity contribution in [2.24, 2.45) is 0 Å². The molecule has 1 nitrogen and oxygen atoms in total. The van der Waals surface area contributed by atoms with Gasteiger partial charge >= 0.3 is 0 Å². The molecule has 0 amide bonds. The Balaban J connectivity index is 2.12. The maximum atomic E-state index is 5.12. The molecule has 1 aliphatic heterocycles. The number of rotatable bonds is 2. The highest BCUT2D eigenvalue weighted by molar-refractivity contribution is 8.19. The minimum atomic E-state index is 0.644. The van der Waals surface area contributed by atoms with Gasteiger partial charge in [-0.15, -0.1) is 23.5 Å². The lowest BCUT2D eigenvalue weighted by Gasteiger charge is -2.08. The van der Waals surface area contributed by atoms with Crippen LogP contribution in [0.2, 0.25) is 0 Å². The number of methoxy groups -OCH3 is 1. The second-order valence-corrected chi connectivity index (χ2v) is 5.57. The maximum absolute atomic E-state index is 5.12. The van der Waals surface area contributed by atoms with E-state index in [9.17, 15) is 0 Å². The van der Waals surface area contributed by atoms with Crippen molar-refractivity contribution in [2.75, 3.05) is 18.6 Å². The third kappa shape index (κ3) is 2.15. The zero-order valence-corrected chi connectivity index (χ0v) is 9.16. The van der Waals surface area contributed by atoms with E-state index in [2.05, 4.69) is 12.1 Å². The Hall–Kier alpha value is -0.280. The van der Waals surface area contributed by atoms with Crippen LogP contribution in [0, 0.1) is 0 Å². The van der Waals surface area contributed by atoms with Gasteiger partial charge in [0.2, 0.25) is 0 Å². The monoisotopic (exact) mass is 212 g/mol. The van der Waals surface area contributed by atoms with Crippen LogP contribution in [0.1, 0.15) is 10.1 Å². The van der Waals surface area contributed by atoms with E-state index in [4.69, 9.17) is 4.74 Å². The highest BCUT2D eigenvalue weighted by Crippen LogP contribution is 2.45. The first-order chi connectivity index (χ1) is 6.40. The van der Waals surface area contributed by atoms with Crippen LogP contribution in [0.25, 0.3) is 0 Å². The van der Waals surface area contributed by atoms with Gasteiger partial charge in [-0.25, -0.2) is 0 Å². The molecule has 0 N–H and O–H groups in total. The number of ether oxygens (including phenoxy) is 1. The van der Waals surface area contributed by atoms with Crippen LogP contribution >= 0.6 is 23.5 Å². The van der Waals surface area contributed by atoms with Crippen LogP contribution in [-0.4, -0.2) is 18.6 Å². The van der Waals surface area contributed by atoms with Gasteiger partial charge in [-0.3, -0.25) is 0 Å². The Bertz CT molecular complexity index is 265. The highest BCUT2D eigenvalue weighted by Gasteiger charge is 2.17. The van der Waals surface area contributed by atoms with Crippen molar-refractivity contribution in [3.8, 4) is 5.75 Å². The molecular formula is C10H12OS2. The Labute approximate surface area is 87.2 Å². The molecule has 13 heavy (non-hydrogen) atoms. The molecule has 1 aromatic rings. The molecule has 0 aromatic heterocycles. The van der Waals surface area contributed by atoms with Gasteiger partial charge in [0, 0.05) is 11.5 Å². The van der Waals surface area contributed by atoms with Crippen LogP contribution in [-0.2, 0) is 0 Å². The second kappa shape index (κ2) is 4.29. The third-order valence-corrected chi connectivity index (χ3v) is 5.11. The van der Waals surface area contributed by atoms with Crippen LogP contribution in [0.4, 0.5) is 0 Å². The summed E-state index contributed by atoms with van der Waals surface area (Å²) >= 11 is 4.06. The lowest BCUT2D eigenvalue weighted by molar-refractivity contribution is 0.414. The summed E-state index contributed by atoms with van der Waals surface area (Å²) in [4.78, 5) is 0. The molecular weight excluding hydrogens is 200 g/mol. The minimum Gasteiger partial charge on any atom is -0.497 e. The molecule has 0 radical (unpaired) electrons. The Morgan fingerprint density at radius 2 is 1.77 bits per heavy atom. The fourth-order valence-corrected chi connectivity index (χ4v) is 4.17. The van der Waals surface area contributed by atoms with Gasteiger partial charge in [-0.1, -0.05) is 12.1 Å². The maximum Gasteiger partial charge on any atom is 0.118 e. The summed E-state index contributed by atoms with van der Waals surface area (Å²) in [5.41, 5.74) is 1.41. The highest BCUT2D eigenvalue weighted by atomic mass is 32.2. The van der Waals surface area contributed by atoms with E-state index in [1.54, 1.807) is 7.11 Å². The normalized spacial score (nSPS) is 17.6. The number of hydrogen-bond donors (Lipinski definition) is 0. The van der Waals surface area contributed by atoms with Gasteiger partial charge < -0.3 is 4.74 Å². The van der Waals surface area contributed by atoms with Crippen molar-refractivity contribution in [2.45, 2.75) is 4.58 Å². The molecule has 1 saturated heterocycles. The van der Waals surface area contributed by atoms with Crippen LogP contribution < -0.4 is 4.74 Å². The molecule has 1 aliphatic rings. The average Bonchev–Trinajstić information content (AvgIpc) is 2.71. The van der Waals surface area contributed by atoms with Crippen molar-refractivity contribution in [3.05, 3.63) is 29.8 Å². The first kappa shape index (κ1) is 9.28. The first-order valence-corrected chi connectivity index (χ1v) is 6.37. The quantitative estimate of drug-likeness (QED) is 0.745. The van der Waals surface area contributed by atoms with E-state index >= 15 is 0 Å². The van der Waals surface area contributed by atoms with E-state index in [0.29, 0.717) is 4.58 Å². The second-order valence-electron chi connectivity index (χ2n) is 2.85. The van der Waals surface area contributed by atoms with Crippen LogP contribution in [0.5, 0.6) is 5.75 Å². The molecule has 0 atom stereocenters. The lowest BCUT2D eigenvalue weighted by atomic mass is 10.2. The Morgan fingerprint density at radius 1 is 1.15 bits per heavy atom. The van der Waals surface area contributed by atoms with Gasteiger partial charge in [0.15, 0.2) is 0 Å². The van der Waals surface area contributed by atoms with Gasteiger partial charge in [-0.05, 0) is 17.7 Å². The van der Waals surface area contributed by atoms with Crippen molar-refractivity contribution in [1.82, 2.24) is 0 Å². The number of benzene rings is 1. The summed E-state index contributed by atoms with van der Waals surface area (Å²) in [5, 5.41) is 0. The van der Waals surface area contributed by atoms with E-state index in [1.165, 1.54) is 17.1 Å². The Morgan fingerprint density at radius 3 is 2.31 bits per heavy atom. The molecule has 0 bridgehead atoms. The van der Waals surface area contributed by atoms with Gasteiger partial charge in [0.1, 0.15) is 5.75 Å². The van der Waals surface area contributed by atoms with Gasteiger partial charge in [0.25, 0.3) is 0 Å². The SMILES string of the molecule is COc1ccc(C2SCCS2)cc1. The smallest absolute Gasteiger partial charge is 0.118 e. The summed E-state index contributed by atoms with van der Waals surface area (Å²) in [6, 6.07) is 8.40. The topological polar surface area (TPSA) is 9.23 Å². The zero-order chi connectivity index (χ0) is 9.10. The molecule has 3 heteroatoms. The Kier molecular flexibility index (Phi) is 3.06. The lowest BCUT2D eigenvalue weighted by Crippen LogP contribution is -1.86. The predicted octanol–water partition coefficient (Wildman–Crippen LogP) is 3.17. The number of thioether (sulfide) groups is 2. The van der Waals surface area contributed by atoms with E-state index < -0.39 is 0 Å². The molecule has 2 rings (SSSR count). The van der Waals surface area contributed by atoms with Gasteiger partial charge in [0.05, 0.1) is 11.7 Å². The van der Waals surface area contributed by atoms with Crippen molar-refractivity contribution < 1.29 is 4.74 Å². The molecule has 0 aliphatic carbocycles. The molecule has 1 heterocycles. The molecule has 0 unspecified atom stereocenters. The third-order valence-electron chi connectivity index (χ3n) is 2.01. The molecule has 0 spiro atoms. The van der Waals surface area contributed by atoms with Crippen LogP contribution in [0.15, 0.2) is 24.3 Å².